The summed E-state index contributed by atoms with van der Waals surface area (Å²) in [7, 11) is 0. The topological polar surface area (TPSA) is 121 Å². The molecule has 2 aliphatic rings. The Kier molecular flexibility index (Phi) is 7.27. The number of esters is 1. The van der Waals surface area contributed by atoms with E-state index in [1.165, 1.54) is 0 Å². The molecule has 0 aromatic carbocycles. The second-order valence-electron chi connectivity index (χ2n) is 6.95. The van der Waals surface area contributed by atoms with Gasteiger partial charge in [-0.1, -0.05) is 6.42 Å². The number of aliphatic hydroxyl groups excluding tert-OH is 2. The van der Waals surface area contributed by atoms with Crippen LogP contribution < -0.4 is 0 Å². The lowest BCUT2D eigenvalue weighted by atomic mass is 9.72. The average molecular weight is 374 g/mol. The van der Waals surface area contributed by atoms with E-state index in [1.807, 2.05) is 6.92 Å². The lowest BCUT2D eigenvalue weighted by molar-refractivity contribution is -0.153. The molecule has 0 amide bonds. The van der Waals surface area contributed by atoms with E-state index >= 15 is 0 Å². The van der Waals surface area contributed by atoms with Crippen molar-refractivity contribution in [2.45, 2.75) is 69.0 Å². The van der Waals surface area contributed by atoms with E-state index in [1.54, 1.807) is 0 Å². The summed E-state index contributed by atoms with van der Waals surface area (Å²) in [6, 6.07) is 0. The molecular weight excluding hydrogens is 348 g/mol. The highest BCUT2D eigenvalue weighted by molar-refractivity contribution is 8.00. The summed E-state index contributed by atoms with van der Waals surface area (Å²) in [5.74, 6) is -2.73. The van der Waals surface area contributed by atoms with Gasteiger partial charge in [0.15, 0.2) is 6.10 Å². The molecule has 0 radical (unpaired) electrons. The van der Waals surface area contributed by atoms with Crippen LogP contribution in [0.25, 0.3) is 0 Å². The maximum atomic E-state index is 12.5. The molecule has 1 saturated heterocycles. The number of cyclic esters (lactones) is 1. The lowest BCUT2D eigenvalue weighted by Gasteiger charge is -2.39. The third kappa shape index (κ3) is 5.43. The molecule has 142 valence electrons. The second kappa shape index (κ2) is 9.00. The Labute approximate surface area is 151 Å². The molecule has 1 saturated carbocycles. The minimum atomic E-state index is -1.54. The first-order valence-corrected chi connectivity index (χ1v) is 9.77. The van der Waals surface area contributed by atoms with Gasteiger partial charge in [-0.2, -0.15) is 11.8 Å². The van der Waals surface area contributed by atoms with E-state index in [9.17, 15) is 24.6 Å². The molecule has 0 bridgehead atoms. The number of carbonyl (C=O) groups is 3. The predicted octanol–water partition coefficient (Wildman–Crippen LogP) is 0.996. The van der Waals surface area contributed by atoms with Crippen molar-refractivity contribution in [1.82, 2.24) is 0 Å². The van der Waals surface area contributed by atoms with Gasteiger partial charge in [-0.25, -0.2) is 4.79 Å². The van der Waals surface area contributed by atoms with Gasteiger partial charge in [0.2, 0.25) is 0 Å². The smallest absolute Gasteiger partial charge is 0.333 e. The maximum absolute atomic E-state index is 12.5. The van der Waals surface area contributed by atoms with Gasteiger partial charge in [0.05, 0.1) is 18.6 Å². The maximum Gasteiger partial charge on any atom is 0.333 e. The summed E-state index contributed by atoms with van der Waals surface area (Å²) in [4.78, 5) is 35.4. The number of Topliss-reactive ketones (excluding diaryl/α,β-unsaturated/α-hetero) is 1. The van der Waals surface area contributed by atoms with E-state index < -0.39 is 35.3 Å². The minimum Gasteiger partial charge on any atom is -0.479 e. The van der Waals surface area contributed by atoms with Crippen LogP contribution in [0.2, 0.25) is 0 Å². The van der Waals surface area contributed by atoms with Crippen molar-refractivity contribution in [2.24, 2.45) is 11.8 Å². The number of carboxylic acids is 1. The number of fused-ring (bicyclic) bond motifs is 1. The zero-order valence-corrected chi connectivity index (χ0v) is 15.1. The Morgan fingerprint density at radius 3 is 2.64 bits per heavy atom. The van der Waals surface area contributed by atoms with E-state index in [0.717, 1.165) is 31.0 Å². The fourth-order valence-electron chi connectivity index (χ4n) is 3.62. The van der Waals surface area contributed by atoms with E-state index in [4.69, 9.17) is 9.84 Å². The molecule has 8 heteroatoms. The fraction of sp³-hybridized carbons (Fsp3) is 0.824. The number of thioether (sulfide) groups is 1. The normalized spacial score (nSPS) is 35.4. The van der Waals surface area contributed by atoms with Gasteiger partial charge in [0.25, 0.3) is 0 Å². The third-order valence-corrected chi connectivity index (χ3v) is 6.40. The molecule has 0 spiro atoms. The monoisotopic (exact) mass is 374 g/mol. The van der Waals surface area contributed by atoms with Crippen molar-refractivity contribution in [2.75, 3.05) is 5.75 Å². The highest BCUT2D eigenvalue weighted by Gasteiger charge is 2.44. The van der Waals surface area contributed by atoms with Gasteiger partial charge >= 0.3 is 11.9 Å². The number of rotatable bonds is 4. The number of ether oxygens (including phenoxy) is 1. The van der Waals surface area contributed by atoms with E-state index in [2.05, 4.69) is 0 Å². The molecule has 3 N–H and O–H groups in total. The summed E-state index contributed by atoms with van der Waals surface area (Å²) in [6.45, 7) is 1.84. The van der Waals surface area contributed by atoms with Crippen LogP contribution >= 0.6 is 11.8 Å². The van der Waals surface area contributed by atoms with Crippen molar-refractivity contribution in [1.29, 1.82) is 0 Å². The Balaban J connectivity index is 2.08. The zero-order valence-electron chi connectivity index (χ0n) is 14.3. The van der Waals surface area contributed by atoms with Crippen LogP contribution in [-0.2, 0) is 19.1 Å². The predicted molar refractivity (Wildman–Crippen MR) is 91.1 cm³/mol. The second-order valence-corrected chi connectivity index (χ2v) is 8.22. The molecule has 2 rings (SSSR count). The molecule has 0 unspecified atom stereocenters. The number of carboxylic acid groups (broad SMARTS) is 1. The van der Waals surface area contributed by atoms with Gasteiger partial charge in [-0.15, -0.1) is 0 Å². The number of aliphatic hydroxyl groups is 2. The lowest BCUT2D eigenvalue weighted by Crippen LogP contribution is -2.47. The molecule has 7 nitrogen and oxygen atoms in total. The van der Waals surface area contributed by atoms with Crippen LogP contribution in [0.4, 0.5) is 0 Å². The molecule has 6 atom stereocenters. The van der Waals surface area contributed by atoms with Crippen LogP contribution in [0.1, 0.15) is 45.4 Å². The molecule has 0 aromatic rings. The van der Waals surface area contributed by atoms with Crippen LogP contribution in [0.3, 0.4) is 0 Å². The van der Waals surface area contributed by atoms with Crippen LogP contribution in [0, 0.1) is 11.8 Å². The number of carbonyl (C=O) groups excluding carboxylic acids is 2. The molecule has 1 aliphatic carbocycles. The van der Waals surface area contributed by atoms with Gasteiger partial charge < -0.3 is 20.1 Å². The SMILES string of the molecule is C[C@@H]1CCCC[C@H]2C(=O)C[C@@H](SC[C@H](O)C(=O)O)[C@@H](O)[C@@H]2CC(=O)O1. The number of hydrogen-bond donors (Lipinski definition) is 3. The largest absolute Gasteiger partial charge is 0.479 e. The van der Waals surface area contributed by atoms with Gasteiger partial charge in [0.1, 0.15) is 5.78 Å². The highest BCUT2D eigenvalue weighted by Crippen LogP contribution is 2.39. The third-order valence-electron chi connectivity index (χ3n) is 5.02. The van der Waals surface area contributed by atoms with Crippen molar-refractivity contribution in [3.05, 3.63) is 0 Å². The molecule has 0 aromatic heterocycles. The molecular formula is C17H26O7S. The summed E-state index contributed by atoms with van der Waals surface area (Å²) >= 11 is 1.07. The van der Waals surface area contributed by atoms with Crippen molar-refractivity contribution in [3.8, 4) is 0 Å². The van der Waals surface area contributed by atoms with E-state index in [-0.39, 0.29) is 36.4 Å². The van der Waals surface area contributed by atoms with Gasteiger partial charge in [-0.3, -0.25) is 9.59 Å². The summed E-state index contributed by atoms with van der Waals surface area (Å²) < 4.78 is 5.34. The van der Waals surface area contributed by atoms with Gasteiger partial charge in [-0.05, 0) is 26.2 Å². The average Bonchev–Trinajstić information content (AvgIpc) is 2.54. The quantitative estimate of drug-likeness (QED) is 0.623. The molecule has 1 heterocycles. The van der Waals surface area contributed by atoms with E-state index in [0.29, 0.717) is 6.42 Å². The molecule has 25 heavy (non-hydrogen) atoms. The molecule has 2 fully saturated rings. The Hall–Kier alpha value is -1.12. The van der Waals surface area contributed by atoms with Crippen molar-refractivity contribution < 1.29 is 34.4 Å². The Morgan fingerprint density at radius 1 is 1.28 bits per heavy atom. The van der Waals surface area contributed by atoms with Gasteiger partial charge in [0, 0.05) is 29.3 Å². The summed E-state index contributed by atoms with van der Waals surface area (Å²) in [5.41, 5.74) is 0. The zero-order chi connectivity index (χ0) is 18.6. The number of ketones is 1. The highest BCUT2D eigenvalue weighted by atomic mass is 32.2. The fourth-order valence-corrected chi connectivity index (χ4v) is 4.88. The van der Waals surface area contributed by atoms with Crippen LogP contribution in [-0.4, -0.2) is 62.4 Å². The van der Waals surface area contributed by atoms with Crippen LogP contribution in [0.15, 0.2) is 0 Å². The van der Waals surface area contributed by atoms with Crippen LogP contribution in [0.5, 0.6) is 0 Å². The molecule has 1 aliphatic heterocycles. The first-order valence-electron chi connectivity index (χ1n) is 8.72. The number of aliphatic carboxylic acids is 1. The standard InChI is InChI=1S/C17H26O7S/c1-9-4-2-3-5-10-11(6-15(20)24-9)16(21)14(7-12(10)18)25-8-13(19)17(22)23/h9-11,13-14,16,19,21H,2-8H2,1H3,(H,22,23)/t9-,10-,11-,13+,14-,16+/m1/s1. The number of hydrogen-bond acceptors (Lipinski definition) is 7. The Bertz CT molecular complexity index is 509. The summed E-state index contributed by atoms with van der Waals surface area (Å²) in [5, 5.41) is 28.3. The first-order chi connectivity index (χ1) is 11.8. The first kappa shape index (κ1) is 20.2. The Morgan fingerprint density at radius 2 is 1.96 bits per heavy atom. The van der Waals surface area contributed by atoms with Crippen molar-refractivity contribution in [3.63, 3.8) is 0 Å². The van der Waals surface area contributed by atoms with Crippen molar-refractivity contribution >= 4 is 29.5 Å². The minimum absolute atomic E-state index is 0.000892. The summed E-state index contributed by atoms with van der Waals surface area (Å²) in [6.07, 6.45) is 0.625.